The van der Waals surface area contributed by atoms with E-state index >= 15 is 0 Å². The van der Waals surface area contributed by atoms with Gasteiger partial charge in [-0.25, -0.2) is 19.3 Å². The zero-order valence-electron chi connectivity index (χ0n) is 16.5. The van der Waals surface area contributed by atoms with Gasteiger partial charge in [0.25, 0.3) is 0 Å². The van der Waals surface area contributed by atoms with Gasteiger partial charge >= 0.3 is 6.09 Å². The maximum Gasteiger partial charge on any atom is 0.410 e. The minimum Gasteiger partial charge on any atom is -0.444 e. The van der Waals surface area contributed by atoms with Crippen molar-refractivity contribution in [1.82, 2.24) is 24.5 Å². The number of aromatic nitrogens is 4. The molecule has 152 valence electrons. The van der Waals surface area contributed by atoms with Crippen LogP contribution in [0, 0.1) is 0 Å². The molecule has 0 saturated carbocycles. The maximum absolute atomic E-state index is 12.4. The maximum atomic E-state index is 12.4. The normalized spacial score (nSPS) is 17.5. The predicted octanol–water partition coefficient (Wildman–Crippen LogP) is 3.75. The fraction of sp³-hybridized carbons (Fsp3) is 0.400. The number of fused-ring (bicyclic) bond motifs is 1. The van der Waals surface area contributed by atoms with Crippen LogP contribution >= 0.6 is 11.6 Å². The number of nitrogens with zero attached hydrogens (tertiary/aromatic N) is 5. The molecule has 1 aliphatic rings. The average Bonchev–Trinajstić information content (AvgIpc) is 3.10. The molecule has 4 rings (SSSR count). The number of ether oxygens (including phenoxy) is 2. The summed E-state index contributed by atoms with van der Waals surface area (Å²) < 4.78 is 13.0. The number of hydrogen-bond donors (Lipinski definition) is 0. The molecular weight excluding hydrogens is 394 g/mol. The Bertz CT molecular complexity index is 1050. The van der Waals surface area contributed by atoms with Crippen LogP contribution in [0.1, 0.15) is 32.6 Å². The molecule has 3 aromatic heterocycles. The standard InChI is InChI=1S/C20H22ClN5O3/c1-20(2,3)29-19(27)25-9-10-28-16(12-25)14-6-4-5-13(23-14)15-11-22-18-8-7-17(21)24-26(15)18/h4-8,11,16H,9-10,12H2,1-3H3. The fourth-order valence-corrected chi connectivity index (χ4v) is 3.26. The van der Waals surface area contributed by atoms with E-state index in [1.165, 1.54) is 0 Å². The van der Waals surface area contributed by atoms with Crippen molar-refractivity contribution < 1.29 is 14.3 Å². The third kappa shape index (κ3) is 4.33. The van der Waals surface area contributed by atoms with Gasteiger partial charge in [-0.05, 0) is 45.0 Å². The Morgan fingerprint density at radius 2 is 2.10 bits per heavy atom. The number of morpholine rings is 1. The van der Waals surface area contributed by atoms with Gasteiger partial charge in [0.05, 0.1) is 30.7 Å². The Morgan fingerprint density at radius 1 is 1.28 bits per heavy atom. The van der Waals surface area contributed by atoms with Crippen LogP contribution < -0.4 is 0 Å². The van der Waals surface area contributed by atoms with Gasteiger partial charge in [-0.2, -0.15) is 5.10 Å². The van der Waals surface area contributed by atoms with Crippen LogP contribution in [0.5, 0.6) is 0 Å². The summed E-state index contributed by atoms with van der Waals surface area (Å²) in [5.74, 6) is 0. The fourth-order valence-electron chi connectivity index (χ4n) is 3.12. The van der Waals surface area contributed by atoms with E-state index in [4.69, 9.17) is 26.1 Å². The highest BCUT2D eigenvalue weighted by Crippen LogP contribution is 2.25. The lowest BCUT2D eigenvalue weighted by Gasteiger charge is -2.34. The van der Waals surface area contributed by atoms with Crippen molar-refractivity contribution in [2.24, 2.45) is 0 Å². The van der Waals surface area contributed by atoms with E-state index in [0.29, 0.717) is 36.2 Å². The van der Waals surface area contributed by atoms with Crippen molar-refractivity contribution in [2.45, 2.75) is 32.5 Å². The number of carbonyl (C=O) groups is 1. The third-order valence-electron chi connectivity index (χ3n) is 4.41. The molecule has 1 aliphatic heterocycles. The number of halogens is 1. The second-order valence-corrected chi connectivity index (χ2v) is 8.19. The van der Waals surface area contributed by atoms with Crippen molar-refractivity contribution in [3.05, 3.63) is 47.4 Å². The van der Waals surface area contributed by atoms with E-state index in [2.05, 4.69) is 10.1 Å². The molecular formula is C20H22ClN5O3. The monoisotopic (exact) mass is 415 g/mol. The number of hydrogen-bond acceptors (Lipinski definition) is 6. The minimum atomic E-state index is -0.541. The Balaban J connectivity index is 1.58. The largest absolute Gasteiger partial charge is 0.444 e. The molecule has 0 bridgehead atoms. The van der Waals surface area contributed by atoms with Crippen LogP contribution in [0.15, 0.2) is 36.5 Å². The number of imidazole rings is 1. The molecule has 1 saturated heterocycles. The summed E-state index contributed by atoms with van der Waals surface area (Å²) in [6, 6.07) is 9.15. The van der Waals surface area contributed by atoms with Crippen molar-refractivity contribution in [3.63, 3.8) is 0 Å². The number of rotatable bonds is 2. The van der Waals surface area contributed by atoms with Gasteiger partial charge in [-0.1, -0.05) is 17.7 Å². The molecule has 1 unspecified atom stereocenters. The first-order valence-corrected chi connectivity index (χ1v) is 9.75. The SMILES string of the molecule is CC(C)(C)OC(=O)N1CCOC(c2cccc(-c3cnc4ccc(Cl)nn34)n2)C1. The quantitative estimate of drug-likeness (QED) is 0.634. The summed E-state index contributed by atoms with van der Waals surface area (Å²) in [6.45, 7) is 6.84. The summed E-state index contributed by atoms with van der Waals surface area (Å²) in [5.41, 5.74) is 2.29. The van der Waals surface area contributed by atoms with Crippen molar-refractivity contribution in [3.8, 4) is 11.4 Å². The van der Waals surface area contributed by atoms with E-state index in [1.54, 1.807) is 27.7 Å². The van der Waals surface area contributed by atoms with Crippen LogP contribution in [0.4, 0.5) is 4.79 Å². The molecule has 1 atom stereocenters. The molecule has 8 nitrogen and oxygen atoms in total. The Morgan fingerprint density at radius 3 is 2.90 bits per heavy atom. The average molecular weight is 416 g/mol. The van der Waals surface area contributed by atoms with Crippen LogP contribution in [0.2, 0.25) is 5.15 Å². The van der Waals surface area contributed by atoms with E-state index in [-0.39, 0.29) is 12.2 Å². The number of pyridine rings is 1. The molecule has 4 heterocycles. The zero-order chi connectivity index (χ0) is 20.6. The highest BCUT2D eigenvalue weighted by atomic mass is 35.5. The van der Waals surface area contributed by atoms with Gasteiger partial charge in [-0.15, -0.1) is 0 Å². The molecule has 0 aromatic carbocycles. The van der Waals surface area contributed by atoms with Crippen molar-refractivity contribution in [2.75, 3.05) is 19.7 Å². The number of carbonyl (C=O) groups excluding carboxylic acids is 1. The zero-order valence-corrected chi connectivity index (χ0v) is 17.3. The molecule has 0 N–H and O–H groups in total. The minimum absolute atomic E-state index is 0.341. The lowest BCUT2D eigenvalue weighted by molar-refractivity contribution is -0.0446. The highest BCUT2D eigenvalue weighted by molar-refractivity contribution is 6.29. The Labute approximate surface area is 173 Å². The summed E-state index contributed by atoms with van der Waals surface area (Å²) >= 11 is 6.03. The van der Waals surface area contributed by atoms with Crippen molar-refractivity contribution in [1.29, 1.82) is 0 Å². The molecule has 0 spiro atoms. The number of amides is 1. The van der Waals surface area contributed by atoms with Crippen LogP contribution in [-0.4, -0.2) is 55.9 Å². The summed E-state index contributed by atoms with van der Waals surface area (Å²) in [6.07, 6.45) is 1.02. The highest BCUT2D eigenvalue weighted by Gasteiger charge is 2.29. The van der Waals surface area contributed by atoms with E-state index in [9.17, 15) is 4.79 Å². The smallest absolute Gasteiger partial charge is 0.410 e. The van der Waals surface area contributed by atoms with E-state index in [0.717, 1.165) is 11.4 Å². The first-order valence-electron chi connectivity index (χ1n) is 9.37. The van der Waals surface area contributed by atoms with Gasteiger partial charge < -0.3 is 14.4 Å². The van der Waals surface area contributed by atoms with Gasteiger partial charge in [0.15, 0.2) is 5.65 Å². The molecule has 29 heavy (non-hydrogen) atoms. The molecule has 1 fully saturated rings. The first-order chi connectivity index (χ1) is 13.8. The van der Waals surface area contributed by atoms with Gasteiger partial charge in [-0.3, -0.25) is 0 Å². The summed E-state index contributed by atoms with van der Waals surface area (Å²) in [7, 11) is 0. The van der Waals surface area contributed by atoms with E-state index < -0.39 is 5.60 Å². The Hall–Kier alpha value is -2.71. The lowest BCUT2D eigenvalue weighted by Crippen LogP contribution is -2.44. The second-order valence-electron chi connectivity index (χ2n) is 7.80. The van der Waals surface area contributed by atoms with Crippen molar-refractivity contribution >= 4 is 23.3 Å². The summed E-state index contributed by atoms with van der Waals surface area (Å²) in [5, 5.41) is 4.67. The van der Waals surface area contributed by atoms with Gasteiger partial charge in [0.1, 0.15) is 22.6 Å². The van der Waals surface area contributed by atoms with E-state index in [1.807, 2.05) is 39.0 Å². The van der Waals surface area contributed by atoms with Gasteiger partial charge in [0, 0.05) is 6.54 Å². The Kier molecular flexibility index (Phi) is 5.14. The molecule has 0 aliphatic carbocycles. The molecule has 3 aromatic rings. The molecule has 1 amide bonds. The molecule has 0 radical (unpaired) electrons. The molecule has 9 heteroatoms. The lowest BCUT2D eigenvalue weighted by atomic mass is 10.1. The summed E-state index contributed by atoms with van der Waals surface area (Å²) in [4.78, 5) is 23.2. The topological polar surface area (TPSA) is 81.8 Å². The van der Waals surface area contributed by atoms with Gasteiger partial charge in [0.2, 0.25) is 0 Å². The van der Waals surface area contributed by atoms with Crippen LogP contribution in [0.3, 0.4) is 0 Å². The third-order valence-corrected chi connectivity index (χ3v) is 4.61. The van der Waals surface area contributed by atoms with Crippen LogP contribution in [-0.2, 0) is 9.47 Å². The first kappa shape index (κ1) is 19.6. The predicted molar refractivity (Wildman–Crippen MR) is 108 cm³/mol. The second kappa shape index (κ2) is 7.61. The van der Waals surface area contributed by atoms with Crippen LogP contribution in [0.25, 0.3) is 17.0 Å².